The third-order valence-corrected chi connectivity index (χ3v) is 5.09. The number of aromatic amines is 1. The van der Waals surface area contributed by atoms with E-state index in [1.807, 2.05) is 0 Å². The van der Waals surface area contributed by atoms with E-state index in [9.17, 15) is 29.1 Å². The molecule has 34 heavy (non-hydrogen) atoms. The number of carboxylic acid groups (broad SMARTS) is 2. The Hall–Kier alpha value is -3.17. The first kappa shape index (κ1) is 28.9. The van der Waals surface area contributed by atoms with Crippen molar-refractivity contribution in [3.8, 4) is 0 Å². The Labute approximate surface area is 201 Å². The van der Waals surface area contributed by atoms with E-state index in [1.54, 1.807) is 0 Å². The molecule has 0 bridgehead atoms. The zero-order valence-corrected chi connectivity index (χ0v) is 19.3. The van der Waals surface area contributed by atoms with Crippen LogP contribution >= 0.6 is 12.6 Å². The minimum absolute atomic E-state index is 0.0892. The van der Waals surface area contributed by atoms with Gasteiger partial charge in [-0.2, -0.15) is 12.6 Å². The minimum Gasteiger partial charge on any atom is -0.481 e. The lowest BCUT2D eigenvalue weighted by Crippen LogP contribution is -2.58. The number of aromatic nitrogens is 2. The zero-order valence-electron chi connectivity index (χ0n) is 18.4. The number of thiol groups is 1. The molecule has 190 valence electrons. The first-order chi connectivity index (χ1) is 16.1. The van der Waals surface area contributed by atoms with Crippen LogP contribution in [0.1, 0.15) is 31.4 Å². The number of nitrogens with one attached hydrogen (secondary N) is 4. The summed E-state index contributed by atoms with van der Waals surface area (Å²) in [5, 5.41) is 25.4. The fourth-order valence-corrected chi connectivity index (χ4v) is 3.11. The number of aliphatic carboxylic acids is 2. The van der Waals surface area contributed by atoms with Gasteiger partial charge in [-0.15, -0.1) is 0 Å². The second-order valence-corrected chi connectivity index (χ2v) is 7.84. The van der Waals surface area contributed by atoms with Gasteiger partial charge in [0.25, 0.3) is 0 Å². The molecule has 0 aliphatic heterocycles. The van der Waals surface area contributed by atoms with Crippen molar-refractivity contribution < 1.29 is 34.2 Å². The molecule has 1 rings (SSSR count). The van der Waals surface area contributed by atoms with E-state index in [2.05, 4.69) is 38.5 Å². The molecule has 0 radical (unpaired) electrons. The molecule has 0 fully saturated rings. The van der Waals surface area contributed by atoms with Crippen LogP contribution in [0.5, 0.6) is 0 Å². The summed E-state index contributed by atoms with van der Waals surface area (Å²) < 4.78 is 0. The molecule has 10 N–H and O–H groups in total. The van der Waals surface area contributed by atoms with Gasteiger partial charge < -0.3 is 42.6 Å². The number of nitrogens with two attached hydrogens (primary N) is 2. The molecular weight excluding hydrogens is 470 g/mol. The normalized spacial score (nSPS) is 14.3. The molecule has 0 saturated carbocycles. The van der Waals surface area contributed by atoms with Crippen LogP contribution in [0.25, 0.3) is 0 Å². The molecule has 0 spiro atoms. The third kappa shape index (κ3) is 10.2. The van der Waals surface area contributed by atoms with Crippen molar-refractivity contribution in [2.24, 2.45) is 11.5 Å². The fourth-order valence-electron chi connectivity index (χ4n) is 2.86. The minimum atomic E-state index is -1.51. The van der Waals surface area contributed by atoms with Gasteiger partial charge in [-0.25, -0.2) is 9.78 Å². The van der Waals surface area contributed by atoms with E-state index in [4.69, 9.17) is 16.6 Å². The molecule has 4 unspecified atom stereocenters. The van der Waals surface area contributed by atoms with Crippen molar-refractivity contribution in [3.05, 3.63) is 18.2 Å². The molecule has 3 amide bonds. The molecule has 0 aromatic carbocycles. The topological polar surface area (TPSA) is 243 Å². The van der Waals surface area contributed by atoms with E-state index in [0.29, 0.717) is 31.5 Å². The Bertz CT molecular complexity index is 837. The van der Waals surface area contributed by atoms with Gasteiger partial charge in [-0.05, 0) is 19.4 Å². The Balaban J connectivity index is 2.80. The molecule has 1 heterocycles. The van der Waals surface area contributed by atoms with Gasteiger partial charge in [0, 0.05) is 24.1 Å². The number of H-pyrrole nitrogens is 1. The lowest BCUT2D eigenvalue weighted by Gasteiger charge is -2.23. The molecule has 15 heteroatoms. The number of carboxylic acids is 2. The molecule has 0 saturated heterocycles. The number of hydrogen-bond acceptors (Lipinski definition) is 9. The van der Waals surface area contributed by atoms with Gasteiger partial charge in [0.05, 0.1) is 18.8 Å². The molecule has 0 aliphatic rings. The number of hydrogen-bond donors (Lipinski definition) is 9. The van der Waals surface area contributed by atoms with Gasteiger partial charge in [0.2, 0.25) is 17.7 Å². The number of unbranched alkanes of at least 4 members (excludes halogenated alkanes) is 1. The second-order valence-electron chi connectivity index (χ2n) is 7.47. The highest BCUT2D eigenvalue weighted by molar-refractivity contribution is 7.80. The fraction of sp³-hybridized carbons (Fsp3) is 0.579. The quantitative estimate of drug-likeness (QED) is 0.0841. The number of carbonyl (C=O) groups is 5. The average molecular weight is 502 g/mol. The van der Waals surface area contributed by atoms with Gasteiger partial charge in [0.1, 0.15) is 18.1 Å². The summed E-state index contributed by atoms with van der Waals surface area (Å²) in [4.78, 5) is 66.7. The second kappa shape index (κ2) is 14.9. The van der Waals surface area contributed by atoms with E-state index >= 15 is 0 Å². The highest BCUT2D eigenvalue weighted by Gasteiger charge is 2.31. The van der Waals surface area contributed by atoms with E-state index in [-0.39, 0.29) is 12.2 Å². The number of amides is 3. The Morgan fingerprint density at radius 1 is 1.00 bits per heavy atom. The van der Waals surface area contributed by atoms with Crippen molar-refractivity contribution in [2.45, 2.75) is 56.3 Å². The summed E-state index contributed by atoms with van der Waals surface area (Å²) in [6, 6.07) is -5.11. The summed E-state index contributed by atoms with van der Waals surface area (Å²) in [7, 11) is 0. The van der Waals surface area contributed by atoms with Gasteiger partial charge >= 0.3 is 11.9 Å². The Kier molecular flexibility index (Phi) is 12.6. The van der Waals surface area contributed by atoms with Crippen LogP contribution in [-0.4, -0.2) is 86.3 Å². The number of carbonyl (C=O) groups excluding carboxylic acids is 3. The first-order valence-electron chi connectivity index (χ1n) is 10.5. The first-order valence-corrected chi connectivity index (χ1v) is 11.1. The predicted octanol–water partition coefficient (Wildman–Crippen LogP) is -2.65. The summed E-state index contributed by atoms with van der Waals surface area (Å²) in [6.45, 7) is 0.427. The van der Waals surface area contributed by atoms with Crippen LogP contribution in [0.4, 0.5) is 0 Å². The van der Waals surface area contributed by atoms with E-state index in [1.165, 1.54) is 12.5 Å². The monoisotopic (exact) mass is 501 g/mol. The summed E-state index contributed by atoms with van der Waals surface area (Å²) in [5.74, 6) is -5.44. The third-order valence-electron chi connectivity index (χ3n) is 4.73. The van der Waals surface area contributed by atoms with Crippen LogP contribution < -0.4 is 27.4 Å². The lowest BCUT2D eigenvalue weighted by atomic mass is 10.1. The smallest absolute Gasteiger partial charge is 0.326 e. The van der Waals surface area contributed by atoms with Crippen LogP contribution in [0.15, 0.2) is 12.5 Å². The number of rotatable bonds is 16. The zero-order chi connectivity index (χ0) is 25.7. The van der Waals surface area contributed by atoms with Crippen LogP contribution in [0.3, 0.4) is 0 Å². The highest BCUT2D eigenvalue weighted by Crippen LogP contribution is 2.03. The Morgan fingerprint density at radius 2 is 1.62 bits per heavy atom. The molecule has 14 nitrogen and oxygen atoms in total. The average Bonchev–Trinajstić information content (AvgIpc) is 3.29. The van der Waals surface area contributed by atoms with E-state index < -0.39 is 60.2 Å². The van der Waals surface area contributed by atoms with Crippen molar-refractivity contribution in [1.29, 1.82) is 0 Å². The Morgan fingerprint density at radius 3 is 2.15 bits per heavy atom. The molecule has 1 aromatic heterocycles. The standard InChI is InChI=1S/C19H31N7O7S/c20-4-2-1-3-11(21)16(29)24-12(6-15(27)28)17(30)26-14(8-34)18(31)25-13(19(32)33)5-10-7-22-9-23-10/h7,9,11-14,34H,1-6,8,20-21H2,(H,22,23)(H,24,29)(H,25,31)(H,26,30)(H,27,28)(H,32,33). The van der Waals surface area contributed by atoms with Crippen LogP contribution in [0.2, 0.25) is 0 Å². The van der Waals surface area contributed by atoms with Crippen LogP contribution in [0, 0.1) is 0 Å². The lowest BCUT2D eigenvalue weighted by molar-refractivity contribution is -0.143. The molecule has 0 aliphatic carbocycles. The van der Waals surface area contributed by atoms with Crippen molar-refractivity contribution in [1.82, 2.24) is 25.9 Å². The predicted molar refractivity (Wildman–Crippen MR) is 123 cm³/mol. The van der Waals surface area contributed by atoms with Crippen molar-refractivity contribution >= 4 is 42.3 Å². The molecule has 1 aromatic rings. The summed E-state index contributed by atoms with van der Waals surface area (Å²) >= 11 is 4.01. The largest absolute Gasteiger partial charge is 0.481 e. The van der Waals surface area contributed by atoms with Crippen molar-refractivity contribution in [3.63, 3.8) is 0 Å². The highest BCUT2D eigenvalue weighted by atomic mass is 32.1. The SMILES string of the molecule is NCCCCC(N)C(=O)NC(CC(=O)O)C(=O)NC(CS)C(=O)NC(Cc1cnc[nH]1)C(=O)O. The number of imidazole rings is 1. The maximum atomic E-state index is 12.7. The summed E-state index contributed by atoms with van der Waals surface area (Å²) in [5.41, 5.74) is 11.6. The molecule has 4 atom stereocenters. The van der Waals surface area contributed by atoms with Crippen molar-refractivity contribution in [2.75, 3.05) is 12.3 Å². The maximum Gasteiger partial charge on any atom is 0.326 e. The van der Waals surface area contributed by atoms with Crippen LogP contribution in [-0.2, 0) is 30.4 Å². The maximum absolute atomic E-state index is 12.7. The van der Waals surface area contributed by atoms with E-state index in [0.717, 1.165) is 0 Å². The van der Waals surface area contributed by atoms with Gasteiger partial charge in [-0.1, -0.05) is 6.42 Å². The van der Waals surface area contributed by atoms with Gasteiger partial charge in [0.15, 0.2) is 0 Å². The summed E-state index contributed by atoms with van der Waals surface area (Å²) in [6.07, 6.45) is 3.43. The number of nitrogens with zero attached hydrogens (tertiary/aromatic N) is 1. The van der Waals surface area contributed by atoms with Gasteiger partial charge in [-0.3, -0.25) is 19.2 Å². The molecular formula is C19H31N7O7S.